The van der Waals surface area contributed by atoms with Gasteiger partial charge in [0.05, 0.1) is 30.9 Å². The molecule has 0 saturated carbocycles. The monoisotopic (exact) mass is 426 g/mol. The second-order valence-corrected chi connectivity index (χ2v) is 9.26. The maximum absolute atomic E-state index is 13.1. The van der Waals surface area contributed by atoms with Crippen molar-refractivity contribution in [3.63, 3.8) is 0 Å². The molecule has 0 aliphatic heterocycles. The average Bonchev–Trinajstić information content (AvgIpc) is 3.31. The molecule has 0 bridgehead atoms. The molecule has 0 radical (unpaired) electrons. The van der Waals surface area contributed by atoms with Gasteiger partial charge < -0.3 is 14.2 Å². The molecule has 0 unspecified atom stereocenters. The largest absolute Gasteiger partial charge is 0.389 e. The Bertz CT molecular complexity index is 1000. The summed E-state index contributed by atoms with van der Waals surface area (Å²) in [6.07, 6.45) is 4.06. The molecule has 2 aromatic heterocycles. The van der Waals surface area contributed by atoms with Gasteiger partial charge in [0, 0.05) is 17.5 Å². The molecule has 28 heavy (non-hydrogen) atoms. The van der Waals surface area contributed by atoms with E-state index >= 15 is 0 Å². The van der Waals surface area contributed by atoms with Crippen molar-refractivity contribution < 1.29 is 18.7 Å². The Hall–Kier alpha value is -1.77. The van der Waals surface area contributed by atoms with E-state index in [1.807, 2.05) is 11.4 Å². The average molecular weight is 426 g/mol. The third-order valence-electron chi connectivity index (χ3n) is 4.34. The molecule has 152 valence electrons. The van der Waals surface area contributed by atoms with Crippen molar-refractivity contribution in [2.75, 3.05) is 13.2 Å². The predicted molar refractivity (Wildman–Crippen MR) is 108 cm³/mol. The Morgan fingerprint density at radius 3 is 2.50 bits per heavy atom. The van der Waals surface area contributed by atoms with Crippen LogP contribution in [0.3, 0.4) is 0 Å². The van der Waals surface area contributed by atoms with E-state index in [4.69, 9.17) is 9.05 Å². The lowest BCUT2D eigenvalue weighted by Gasteiger charge is -2.20. The van der Waals surface area contributed by atoms with E-state index in [0.717, 1.165) is 4.57 Å². The lowest BCUT2D eigenvalue weighted by molar-refractivity contribution is 0.207. The smallest absolute Gasteiger partial charge is 0.350 e. The van der Waals surface area contributed by atoms with Crippen LogP contribution in [0.5, 0.6) is 0 Å². The molecular weight excluding hydrogens is 403 g/mol. The van der Waals surface area contributed by atoms with Crippen LogP contribution in [0.15, 0.2) is 45.5 Å². The second-order valence-electron chi connectivity index (χ2n) is 6.29. The van der Waals surface area contributed by atoms with E-state index < -0.39 is 37.3 Å². The number of aromatic nitrogens is 2. The number of aliphatic hydroxyl groups is 1. The van der Waals surface area contributed by atoms with Gasteiger partial charge in [-0.3, -0.25) is 13.9 Å². The van der Waals surface area contributed by atoms with Gasteiger partial charge in [-0.15, -0.1) is 11.3 Å². The van der Waals surface area contributed by atoms with E-state index in [2.05, 4.69) is 0 Å². The van der Waals surface area contributed by atoms with Crippen LogP contribution >= 0.6 is 18.9 Å². The Morgan fingerprint density at radius 2 is 1.96 bits per heavy atom. The van der Waals surface area contributed by atoms with Gasteiger partial charge in [-0.05, 0) is 25.3 Å². The summed E-state index contributed by atoms with van der Waals surface area (Å²) in [6, 6.07) is 3.19. The first-order valence-electron chi connectivity index (χ1n) is 9.03. The summed E-state index contributed by atoms with van der Waals surface area (Å²) in [4.78, 5) is 26.8. The SMILES string of the molecule is CCOP(=O)(Cn1c(=O)c(-c2cccs2)cn([C@@H]2C=C[C@H](O)C2)c1=O)OCC. The number of hydrogen-bond acceptors (Lipinski definition) is 7. The minimum Gasteiger partial charge on any atom is -0.389 e. The molecule has 1 N–H and O–H groups in total. The topological polar surface area (TPSA) is 99.8 Å². The van der Waals surface area contributed by atoms with Crippen molar-refractivity contribution in [3.8, 4) is 10.4 Å². The molecule has 0 amide bonds. The summed E-state index contributed by atoms with van der Waals surface area (Å²) in [7, 11) is -3.67. The Labute approximate surface area is 166 Å². The molecule has 2 atom stereocenters. The number of allylic oxidation sites excluding steroid dienone is 1. The molecule has 0 spiro atoms. The third-order valence-corrected chi connectivity index (χ3v) is 7.18. The van der Waals surface area contributed by atoms with Crippen LogP contribution in [0.4, 0.5) is 0 Å². The number of nitrogens with zero attached hydrogens (tertiary/aromatic N) is 2. The first-order valence-corrected chi connectivity index (χ1v) is 11.6. The predicted octanol–water partition coefficient (Wildman–Crippen LogP) is 2.82. The normalized spacial score (nSPS) is 19.4. The van der Waals surface area contributed by atoms with Gasteiger partial charge in [-0.2, -0.15) is 0 Å². The summed E-state index contributed by atoms with van der Waals surface area (Å²) in [5, 5.41) is 11.6. The van der Waals surface area contributed by atoms with Crippen LogP contribution in [-0.4, -0.2) is 33.6 Å². The molecule has 2 heterocycles. The minimum absolute atomic E-state index is 0.127. The number of thiophene rings is 1. The highest BCUT2D eigenvalue weighted by Gasteiger charge is 2.29. The van der Waals surface area contributed by atoms with Gasteiger partial charge in [-0.25, -0.2) is 9.36 Å². The highest BCUT2D eigenvalue weighted by atomic mass is 32.1. The van der Waals surface area contributed by atoms with Crippen molar-refractivity contribution in [1.82, 2.24) is 9.13 Å². The summed E-state index contributed by atoms with van der Waals surface area (Å²) >= 11 is 1.37. The zero-order valence-corrected chi connectivity index (χ0v) is 17.4. The van der Waals surface area contributed by atoms with E-state index in [0.29, 0.717) is 16.9 Å². The van der Waals surface area contributed by atoms with Crippen LogP contribution in [0.2, 0.25) is 0 Å². The van der Waals surface area contributed by atoms with Crippen LogP contribution in [0.25, 0.3) is 10.4 Å². The first-order chi connectivity index (χ1) is 13.4. The van der Waals surface area contributed by atoms with E-state index in [1.165, 1.54) is 22.1 Å². The number of aliphatic hydroxyl groups excluding tert-OH is 1. The van der Waals surface area contributed by atoms with Gasteiger partial charge in [0.1, 0.15) is 6.29 Å². The Kier molecular flexibility index (Phi) is 6.52. The molecular formula is C18H23N2O6PS. The molecule has 0 aromatic carbocycles. The van der Waals surface area contributed by atoms with E-state index in [1.54, 1.807) is 32.1 Å². The van der Waals surface area contributed by atoms with Gasteiger partial charge in [-0.1, -0.05) is 18.2 Å². The summed E-state index contributed by atoms with van der Waals surface area (Å²) < 4.78 is 25.8. The van der Waals surface area contributed by atoms with Crippen molar-refractivity contribution in [2.45, 2.75) is 38.7 Å². The Balaban J connectivity index is 2.16. The maximum Gasteiger partial charge on any atom is 0.350 e. The van der Waals surface area contributed by atoms with E-state index in [-0.39, 0.29) is 13.2 Å². The van der Waals surface area contributed by atoms with Gasteiger partial charge in [0.2, 0.25) is 0 Å². The van der Waals surface area contributed by atoms with Crippen LogP contribution < -0.4 is 11.2 Å². The van der Waals surface area contributed by atoms with Crippen LogP contribution in [0.1, 0.15) is 26.3 Å². The Morgan fingerprint density at radius 1 is 1.25 bits per heavy atom. The molecule has 1 aliphatic carbocycles. The lowest BCUT2D eigenvalue weighted by atomic mass is 10.2. The standard InChI is InChI=1S/C18H23N2O6PS/c1-3-25-27(24,26-4-2)12-20-17(22)15(16-6-5-9-28-16)11-19(18(20)23)13-7-8-14(21)10-13/h5-9,11,13-14,21H,3-4,10,12H2,1-2H3/t13-,14+/m1/s1. The van der Waals surface area contributed by atoms with Gasteiger partial charge >= 0.3 is 13.3 Å². The van der Waals surface area contributed by atoms with E-state index in [9.17, 15) is 19.3 Å². The molecule has 8 nitrogen and oxygen atoms in total. The highest BCUT2D eigenvalue weighted by Crippen LogP contribution is 2.49. The summed E-state index contributed by atoms with van der Waals surface area (Å²) in [6.45, 7) is 3.59. The molecule has 0 saturated heterocycles. The second kappa shape index (κ2) is 8.71. The fraction of sp³-hybridized carbons (Fsp3) is 0.444. The molecule has 10 heteroatoms. The fourth-order valence-electron chi connectivity index (χ4n) is 3.14. The van der Waals surface area contributed by atoms with Crippen molar-refractivity contribution in [3.05, 3.63) is 56.7 Å². The highest BCUT2D eigenvalue weighted by molar-refractivity contribution is 7.52. The minimum atomic E-state index is -3.67. The van der Waals surface area contributed by atoms with Gasteiger partial charge in [0.25, 0.3) is 5.56 Å². The number of rotatable bonds is 8. The first kappa shape index (κ1) is 21.0. The van der Waals surface area contributed by atoms with Crippen molar-refractivity contribution in [1.29, 1.82) is 0 Å². The quantitative estimate of drug-likeness (QED) is 0.515. The zero-order valence-electron chi connectivity index (χ0n) is 15.7. The third kappa shape index (κ3) is 4.29. The van der Waals surface area contributed by atoms with Crippen molar-refractivity contribution >= 4 is 18.9 Å². The summed E-state index contributed by atoms with van der Waals surface area (Å²) in [5.41, 5.74) is -0.844. The molecule has 2 aromatic rings. The molecule has 1 aliphatic rings. The number of hydrogen-bond donors (Lipinski definition) is 1. The maximum atomic E-state index is 13.1. The zero-order chi connectivity index (χ0) is 20.3. The van der Waals surface area contributed by atoms with Gasteiger partial charge in [0.15, 0.2) is 0 Å². The molecule has 3 rings (SSSR count). The van der Waals surface area contributed by atoms with Crippen LogP contribution in [0, 0.1) is 0 Å². The lowest BCUT2D eigenvalue weighted by Crippen LogP contribution is -2.41. The van der Waals surface area contributed by atoms with Crippen LogP contribution in [-0.2, 0) is 19.9 Å². The fourth-order valence-corrected chi connectivity index (χ4v) is 5.49. The molecule has 0 fully saturated rings. The van der Waals surface area contributed by atoms with Crippen molar-refractivity contribution in [2.24, 2.45) is 0 Å². The summed E-state index contributed by atoms with van der Waals surface area (Å²) in [5.74, 6) is 0.